The van der Waals surface area contributed by atoms with Crippen LogP contribution < -0.4 is 0 Å². The second-order valence-corrected chi connectivity index (χ2v) is 4.61. The molecule has 2 nitrogen and oxygen atoms in total. The lowest BCUT2D eigenvalue weighted by Gasteiger charge is -2.28. The summed E-state index contributed by atoms with van der Waals surface area (Å²) in [6.07, 6.45) is 5.41. The lowest BCUT2D eigenvalue weighted by Crippen LogP contribution is -2.38. The van der Waals surface area contributed by atoms with E-state index in [0.717, 1.165) is 32.4 Å². The van der Waals surface area contributed by atoms with E-state index < -0.39 is 0 Å². The third kappa shape index (κ3) is 2.83. The predicted octanol–water partition coefficient (Wildman–Crippen LogP) is 2.99. The zero-order valence-electron chi connectivity index (χ0n) is 10.5. The van der Waals surface area contributed by atoms with Crippen LogP contribution in [0, 0.1) is 5.41 Å². The molecule has 2 heteroatoms. The minimum absolute atomic E-state index is 0.0130. The molecule has 0 aromatic heterocycles. The van der Waals surface area contributed by atoms with Crippen LogP contribution in [0.1, 0.15) is 47.0 Å². The molecule has 0 aromatic carbocycles. The van der Waals surface area contributed by atoms with E-state index in [1.165, 1.54) is 5.57 Å². The van der Waals surface area contributed by atoms with Crippen molar-refractivity contribution in [3.05, 3.63) is 11.6 Å². The Kier molecular flexibility index (Phi) is 3.95. The summed E-state index contributed by atoms with van der Waals surface area (Å²) in [5, 5.41) is 0. The Morgan fingerprint density at radius 1 is 1.40 bits per heavy atom. The van der Waals surface area contributed by atoms with E-state index in [4.69, 9.17) is 0 Å². The van der Waals surface area contributed by atoms with Crippen LogP contribution in [-0.4, -0.2) is 23.9 Å². The normalized spacial score (nSPS) is 22.4. The SMILES string of the molecule is CC.CC1=CCN(C(=O)C2(C)CC2)CC1. The van der Waals surface area contributed by atoms with Crippen LogP contribution in [0.15, 0.2) is 11.6 Å². The summed E-state index contributed by atoms with van der Waals surface area (Å²) in [5.41, 5.74) is 1.43. The first kappa shape index (κ1) is 12.3. The van der Waals surface area contributed by atoms with Crippen molar-refractivity contribution in [3.63, 3.8) is 0 Å². The average Bonchev–Trinajstić information content (AvgIpc) is 3.01. The molecule has 0 spiro atoms. The topological polar surface area (TPSA) is 20.3 Å². The van der Waals surface area contributed by atoms with E-state index in [-0.39, 0.29) is 5.41 Å². The highest BCUT2D eigenvalue weighted by Crippen LogP contribution is 2.46. The molecule has 1 saturated carbocycles. The van der Waals surface area contributed by atoms with Gasteiger partial charge in [-0.25, -0.2) is 0 Å². The number of carbonyl (C=O) groups is 1. The largest absolute Gasteiger partial charge is 0.338 e. The van der Waals surface area contributed by atoms with Crippen LogP contribution in [0.2, 0.25) is 0 Å². The first-order valence-corrected chi connectivity index (χ1v) is 6.07. The van der Waals surface area contributed by atoms with E-state index in [1.807, 2.05) is 18.7 Å². The van der Waals surface area contributed by atoms with E-state index in [0.29, 0.717) is 5.91 Å². The molecule has 1 amide bonds. The molecule has 1 heterocycles. The van der Waals surface area contributed by atoms with Crippen molar-refractivity contribution in [1.29, 1.82) is 0 Å². The van der Waals surface area contributed by atoms with Gasteiger partial charge >= 0.3 is 0 Å². The van der Waals surface area contributed by atoms with E-state index >= 15 is 0 Å². The van der Waals surface area contributed by atoms with Crippen LogP contribution in [-0.2, 0) is 4.79 Å². The molecule has 15 heavy (non-hydrogen) atoms. The standard InChI is InChI=1S/C11H17NO.C2H6/c1-9-3-7-12(8-4-9)10(13)11(2)5-6-11;1-2/h3H,4-8H2,1-2H3;1-2H3. The fourth-order valence-corrected chi connectivity index (χ4v) is 1.74. The summed E-state index contributed by atoms with van der Waals surface area (Å²) in [7, 11) is 0. The lowest BCUT2D eigenvalue weighted by atomic mass is 10.1. The predicted molar refractivity (Wildman–Crippen MR) is 63.6 cm³/mol. The van der Waals surface area contributed by atoms with Crippen LogP contribution in [0.5, 0.6) is 0 Å². The summed E-state index contributed by atoms with van der Waals surface area (Å²) >= 11 is 0. The molecule has 86 valence electrons. The summed E-state index contributed by atoms with van der Waals surface area (Å²) in [5.74, 6) is 0.372. The molecule has 2 rings (SSSR count). The van der Waals surface area contributed by atoms with Crippen molar-refractivity contribution in [2.75, 3.05) is 13.1 Å². The quantitative estimate of drug-likeness (QED) is 0.608. The molecule has 1 aliphatic heterocycles. The Morgan fingerprint density at radius 2 is 2.00 bits per heavy atom. The first-order valence-electron chi connectivity index (χ1n) is 6.07. The molecule has 0 radical (unpaired) electrons. The molecular weight excluding hydrogens is 186 g/mol. The van der Waals surface area contributed by atoms with Crippen molar-refractivity contribution in [1.82, 2.24) is 4.90 Å². The van der Waals surface area contributed by atoms with Gasteiger partial charge in [-0.2, -0.15) is 0 Å². The van der Waals surface area contributed by atoms with Gasteiger partial charge in [-0.05, 0) is 26.2 Å². The third-order valence-corrected chi connectivity index (χ3v) is 3.24. The lowest BCUT2D eigenvalue weighted by molar-refractivity contribution is -0.136. The van der Waals surface area contributed by atoms with Gasteiger partial charge in [0, 0.05) is 18.5 Å². The van der Waals surface area contributed by atoms with Crippen molar-refractivity contribution in [3.8, 4) is 0 Å². The third-order valence-electron chi connectivity index (χ3n) is 3.24. The van der Waals surface area contributed by atoms with E-state index in [2.05, 4.69) is 19.9 Å². The van der Waals surface area contributed by atoms with Gasteiger partial charge in [-0.1, -0.05) is 32.4 Å². The Labute approximate surface area is 93.3 Å². The van der Waals surface area contributed by atoms with Gasteiger partial charge in [0.05, 0.1) is 0 Å². The number of carbonyl (C=O) groups excluding carboxylic acids is 1. The summed E-state index contributed by atoms with van der Waals surface area (Å²) in [6, 6.07) is 0. The Balaban J connectivity index is 0.000000531. The van der Waals surface area contributed by atoms with Crippen LogP contribution >= 0.6 is 0 Å². The van der Waals surface area contributed by atoms with Gasteiger partial charge in [0.2, 0.25) is 5.91 Å². The van der Waals surface area contributed by atoms with E-state index in [9.17, 15) is 4.79 Å². The Hall–Kier alpha value is -0.790. The molecule has 1 fully saturated rings. The fraction of sp³-hybridized carbons (Fsp3) is 0.769. The second-order valence-electron chi connectivity index (χ2n) is 4.61. The highest BCUT2D eigenvalue weighted by Gasteiger charge is 2.46. The van der Waals surface area contributed by atoms with Crippen LogP contribution in [0.4, 0.5) is 0 Å². The molecule has 0 unspecified atom stereocenters. The van der Waals surface area contributed by atoms with Crippen molar-refractivity contribution >= 4 is 5.91 Å². The number of hydrogen-bond acceptors (Lipinski definition) is 1. The molecule has 1 aliphatic carbocycles. The summed E-state index contributed by atoms with van der Waals surface area (Å²) < 4.78 is 0. The van der Waals surface area contributed by atoms with Gasteiger partial charge in [0.25, 0.3) is 0 Å². The first-order chi connectivity index (χ1) is 7.12. The number of rotatable bonds is 1. The van der Waals surface area contributed by atoms with Crippen molar-refractivity contribution < 1.29 is 4.79 Å². The Morgan fingerprint density at radius 3 is 2.40 bits per heavy atom. The van der Waals surface area contributed by atoms with Gasteiger partial charge in [-0.15, -0.1) is 0 Å². The number of hydrogen-bond donors (Lipinski definition) is 0. The van der Waals surface area contributed by atoms with Crippen LogP contribution in [0.3, 0.4) is 0 Å². The molecule has 0 bridgehead atoms. The minimum Gasteiger partial charge on any atom is -0.338 e. The average molecular weight is 209 g/mol. The maximum atomic E-state index is 11.9. The highest BCUT2D eigenvalue weighted by molar-refractivity contribution is 5.85. The summed E-state index contributed by atoms with van der Waals surface area (Å²) in [4.78, 5) is 13.9. The van der Waals surface area contributed by atoms with Gasteiger partial charge in [0.1, 0.15) is 0 Å². The molecule has 0 saturated heterocycles. The molecule has 0 aromatic rings. The maximum Gasteiger partial charge on any atom is 0.228 e. The molecule has 0 atom stereocenters. The van der Waals surface area contributed by atoms with Crippen molar-refractivity contribution in [2.24, 2.45) is 5.41 Å². The monoisotopic (exact) mass is 209 g/mol. The fourth-order valence-electron chi connectivity index (χ4n) is 1.74. The number of nitrogens with zero attached hydrogens (tertiary/aromatic N) is 1. The smallest absolute Gasteiger partial charge is 0.228 e. The minimum atomic E-state index is 0.0130. The second kappa shape index (κ2) is 4.82. The molecule has 2 aliphatic rings. The zero-order valence-corrected chi connectivity index (χ0v) is 10.5. The summed E-state index contributed by atoms with van der Waals surface area (Å²) in [6.45, 7) is 9.98. The van der Waals surface area contributed by atoms with Crippen molar-refractivity contribution in [2.45, 2.75) is 47.0 Å². The van der Waals surface area contributed by atoms with Gasteiger partial charge in [0.15, 0.2) is 0 Å². The maximum absolute atomic E-state index is 11.9. The zero-order chi connectivity index (χ0) is 11.5. The number of amides is 1. The Bertz CT molecular complexity index is 264. The van der Waals surface area contributed by atoms with E-state index in [1.54, 1.807) is 0 Å². The molecule has 0 N–H and O–H groups in total. The molecular formula is C13H23NO. The van der Waals surface area contributed by atoms with Gasteiger partial charge in [-0.3, -0.25) is 4.79 Å². The van der Waals surface area contributed by atoms with Gasteiger partial charge < -0.3 is 4.90 Å². The highest BCUT2D eigenvalue weighted by atomic mass is 16.2. The van der Waals surface area contributed by atoms with Crippen LogP contribution in [0.25, 0.3) is 0 Å².